The largest absolute Gasteiger partial charge is 0.467 e. The van der Waals surface area contributed by atoms with E-state index in [1.807, 2.05) is 0 Å². The lowest BCUT2D eigenvalue weighted by Crippen LogP contribution is -2.43. The number of hydrogen-bond donors (Lipinski definition) is 1. The Morgan fingerprint density at radius 2 is 1.57 bits per heavy atom. The van der Waals surface area contributed by atoms with Gasteiger partial charge in [0.2, 0.25) is 0 Å². The number of ether oxygens (including phenoxy) is 1. The van der Waals surface area contributed by atoms with Crippen molar-refractivity contribution < 1.29 is 23.9 Å². The monoisotopic (exact) mass is 378 g/mol. The van der Waals surface area contributed by atoms with Crippen LogP contribution in [0.4, 0.5) is 5.69 Å². The van der Waals surface area contributed by atoms with Gasteiger partial charge in [0.15, 0.2) is 0 Å². The molecule has 1 heterocycles. The summed E-state index contributed by atoms with van der Waals surface area (Å²) in [4.78, 5) is 50.5. The number of benzene rings is 2. The Labute approximate surface area is 161 Å². The Kier molecular flexibility index (Phi) is 4.43. The van der Waals surface area contributed by atoms with Crippen molar-refractivity contribution in [2.45, 2.75) is 18.9 Å². The third-order valence-corrected chi connectivity index (χ3v) is 5.02. The second-order valence-electron chi connectivity index (χ2n) is 6.85. The van der Waals surface area contributed by atoms with Crippen molar-refractivity contribution in [1.29, 1.82) is 0 Å². The minimum absolute atomic E-state index is 0.106. The van der Waals surface area contributed by atoms with Crippen LogP contribution in [0, 0.1) is 5.92 Å². The quantitative estimate of drug-likeness (QED) is 0.636. The van der Waals surface area contributed by atoms with Gasteiger partial charge in [0, 0.05) is 5.56 Å². The summed E-state index contributed by atoms with van der Waals surface area (Å²) in [6, 6.07) is 12.1. The number of rotatable bonds is 5. The third-order valence-electron chi connectivity index (χ3n) is 5.02. The fourth-order valence-electron chi connectivity index (χ4n) is 3.34. The lowest BCUT2D eigenvalue weighted by Gasteiger charge is -2.17. The van der Waals surface area contributed by atoms with Crippen LogP contribution in [0.2, 0.25) is 0 Å². The van der Waals surface area contributed by atoms with E-state index in [0.29, 0.717) is 22.4 Å². The molecule has 1 atom stereocenters. The molecule has 1 aliphatic carbocycles. The van der Waals surface area contributed by atoms with Gasteiger partial charge >= 0.3 is 5.97 Å². The molecule has 28 heavy (non-hydrogen) atoms. The fourth-order valence-corrected chi connectivity index (χ4v) is 3.34. The molecule has 2 aromatic carbocycles. The lowest BCUT2D eigenvalue weighted by atomic mass is 10.1. The van der Waals surface area contributed by atoms with Gasteiger partial charge < -0.3 is 10.1 Å². The number of fused-ring (bicyclic) bond motifs is 1. The molecule has 142 valence electrons. The molecular formula is C21H18N2O5. The zero-order valence-corrected chi connectivity index (χ0v) is 15.2. The van der Waals surface area contributed by atoms with E-state index in [1.165, 1.54) is 19.2 Å². The van der Waals surface area contributed by atoms with Crippen LogP contribution in [0.25, 0.3) is 0 Å². The van der Waals surface area contributed by atoms with Crippen LogP contribution in [-0.2, 0) is 9.53 Å². The molecule has 0 aromatic heterocycles. The summed E-state index contributed by atoms with van der Waals surface area (Å²) >= 11 is 0. The first-order valence-corrected chi connectivity index (χ1v) is 8.98. The Hall–Kier alpha value is -3.48. The van der Waals surface area contributed by atoms with Gasteiger partial charge in [-0.1, -0.05) is 12.1 Å². The van der Waals surface area contributed by atoms with Gasteiger partial charge in [-0.2, -0.15) is 0 Å². The van der Waals surface area contributed by atoms with Crippen molar-refractivity contribution in [2.75, 3.05) is 12.0 Å². The molecule has 1 saturated carbocycles. The van der Waals surface area contributed by atoms with Crippen molar-refractivity contribution >= 4 is 29.4 Å². The van der Waals surface area contributed by atoms with Gasteiger partial charge in [-0.15, -0.1) is 0 Å². The second kappa shape index (κ2) is 6.92. The highest BCUT2D eigenvalue weighted by Gasteiger charge is 2.38. The fraction of sp³-hybridized carbons (Fsp3) is 0.238. The van der Waals surface area contributed by atoms with Gasteiger partial charge in [-0.25, -0.2) is 9.69 Å². The summed E-state index contributed by atoms with van der Waals surface area (Å²) in [5, 5.41) is 2.71. The molecule has 0 radical (unpaired) electrons. The molecule has 1 N–H and O–H groups in total. The van der Waals surface area contributed by atoms with E-state index in [9.17, 15) is 19.2 Å². The minimum atomic E-state index is -0.659. The molecule has 2 aromatic rings. The van der Waals surface area contributed by atoms with Gasteiger partial charge in [0.05, 0.1) is 23.9 Å². The van der Waals surface area contributed by atoms with Crippen molar-refractivity contribution in [2.24, 2.45) is 5.92 Å². The van der Waals surface area contributed by atoms with Crippen LogP contribution < -0.4 is 10.2 Å². The van der Waals surface area contributed by atoms with E-state index in [1.54, 1.807) is 36.4 Å². The third kappa shape index (κ3) is 3.05. The Morgan fingerprint density at radius 3 is 2.07 bits per heavy atom. The number of hydrogen-bond acceptors (Lipinski definition) is 5. The highest BCUT2D eigenvalue weighted by molar-refractivity contribution is 6.34. The highest BCUT2D eigenvalue weighted by atomic mass is 16.5. The van der Waals surface area contributed by atoms with Crippen LogP contribution >= 0.6 is 0 Å². The summed E-state index contributed by atoms with van der Waals surface area (Å²) in [5.74, 6) is -1.54. The number of methoxy groups -OCH3 is 1. The normalized spacial score (nSPS) is 16.5. The number of carbonyl (C=O) groups excluding carboxylic acids is 4. The summed E-state index contributed by atoms with van der Waals surface area (Å²) < 4.78 is 4.76. The van der Waals surface area contributed by atoms with Crippen LogP contribution in [0.5, 0.6) is 0 Å². The molecule has 7 nitrogen and oxygen atoms in total. The first-order chi connectivity index (χ1) is 13.5. The van der Waals surface area contributed by atoms with Crippen LogP contribution in [0.1, 0.15) is 43.9 Å². The second-order valence-corrected chi connectivity index (χ2v) is 6.85. The number of nitrogens with one attached hydrogen (secondary N) is 1. The zero-order chi connectivity index (χ0) is 19.8. The summed E-state index contributed by atoms with van der Waals surface area (Å²) in [5.41, 5.74) is 1.43. The number of carbonyl (C=O) groups is 4. The smallest absolute Gasteiger partial charge is 0.328 e. The Bertz CT molecular complexity index is 944. The zero-order valence-electron chi connectivity index (χ0n) is 15.2. The molecule has 3 amide bonds. The van der Waals surface area contributed by atoms with E-state index in [4.69, 9.17) is 4.74 Å². The number of imide groups is 1. The van der Waals surface area contributed by atoms with Crippen LogP contribution in [-0.4, -0.2) is 36.8 Å². The molecule has 0 spiro atoms. The molecule has 0 saturated heterocycles. The van der Waals surface area contributed by atoms with Gasteiger partial charge in [0.1, 0.15) is 6.04 Å². The number of nitrogens with zero attached hydrogens (tertiary/aromatic N) is 1. The molecule has 1 fully saturated rings. The van der Waals surface area contributed by atoms with Crippen molar-refractivity contribution in [3.63, 3.8) is 0 Å². The lowest BCUT2D eigenvalue weighted by molar-refractivity contribution is -0.143. The number of esters is 1. The van der Waals surface area contributed by atoms with E-state index >= 15 is 0 Å². The van der Waals surface area contributed by atoms with E-state index < -0.39 is 29.7 Å². The van der Waals surface area contributed by atoms with Crippen molar-refractivity contribution in [3.05, 3.63) is 65.2 Å². The average Bonchev–Trinajstić information content (AvgIpc) is 3.53. The number of amides is 3. The summed E-state index contributed by atoms with van der Waals surface area (Å²) in [6.07, 6.45) is 1.75. The molecule has 1 unspecified atom stereocenters. The SMILES string of the molecule is COC(=O)C(NC(=O)c1ccc(N2C(=O)c3ccccc3C2=O)cc1)C1CC1. The van der Waals surface area contributed by atoms with E-state index in [0.717, 1.165) is 17.7 Å². The maximum absolute atomic E-state index is 12.5. The standard InChI is InChI=1S/C21H18N2O5/c1-28-21(27)17(12-6-7-12)22-18(24)13-8-10-14(11-9-13)23-19(25)15-4-2-3-5-16(15)20(23)26/h2-5,8-12,17H,6-7H2,1H3,(H,22,24). The van der Waals surface area contributed by atoms with Crippen molar-refractivity contribution in [1.82, 2.24) is 5.32 Å². The highest BCUT2D eigenvalue weighted by Crippen LogP contribution is 2.33. The average molecular weight is 378 g/mol. The van der Waals surface area contributed by atoms with Gasteiger partial charge in [-0.05, 0) is 55.2 Å². The Morgan fingerprint density at radius 1 is 1.00 bits per heavy atom. The maximum atomic E-state index is 12.5. The van der Waals surface area contributed by atoms with Gasteiger partial charge in [-0.3, -0.25) is 14.4 Å². The van der Waals surface area contributed by atoms with E-state index in [2.05, 4.69) is 5.32 Å². The number of anilines is 1. The van der Waals surface area contributed by atoms with Gasteiger partial charge in [0.25, 0.3) is 17.7 Å². The first kappa shape index (κ1) is 17.9. The predicted molar refractivity (Wildman–Crippen MR) is 100 cm³/mol. The summed E-state index contributed by atoms with van der Waals surface area (Å²) in [7, 11) is 1.29. The molecule has 4 rings (SSSR count). The van der Waals surface area contributed by atoms with Crippen LogP contribution in [0.15, 0.2) is 48.5 Å². The maximum Gasteiger partial charge on any atom is 0.328 e. The molecular weight excluding hydrogens is 360 g/mol. The minimum Gasteiger partial charge on any atom is -0.467 e. The molecule has 2 aliphatic rings. The molecule has 1 aliphatic heterocycles. The molecule has 7 heteroatoms. The van der Waals surface area contributed by atoms with E-state index in [-0.39, 0.29) is 5.92 Å². The summed E-state index contributed by atoms with van der Waals surface area (Å²) in [6.45, 7) is 0. The molecule has 0 bridgehead atoms. The Balaban J connectivity index is 1.52. The van der Waals surface area contributed by atoms with Crippen LogP contribution in [0.3, 0.4) is 0 Å². The first-order valence-electron chi connectivity index (χ1n) is 8.98. The predicted octanol–water partition coefficient (Wildman–Crippen LogP) is 2.17. The topological polar surface area (TPSA) is 92.8 Å². The van der Waals surface area contributed by atoms with Crippen molar-refractivity contribution in [3.8, 4) is 0 Å².